The van der Waals surface area contributed by atoms with Gasteiger partial charge in [0.05, 0.1) is 9.82 Å². The minimum Gasteiger partial charge on any atom is -0.397 e. The first kappa shape index (κ1) is 22.6. The Morgan fingerprint density at radius 1 is 0.838 bits per heavy atom. The number of benzene rings is 4. The summed E-state index contributed by atoms with van der Waals surface area (Å²) in [4.78, 5) is 19.4. The van der Waals surface area contributed by atoms with E-state index in [1.807, 2.05) is 60.7 Å². The summed E-state index contributed by atoms with van der Waals surface area (Å²) in [6.45, 7) is 0. The van der Waals surface area contributed by atoms with E-state index in [9.17, 15) is 14.3 Å². The topological polar surface area (TPSA) is 98.1 Å². The van der Waals surface area contributed by atoms with Gasteiger partial charge < -0.3 is 9.17 Å². The number of aromatic nitrogens is 2. The van der Waals surface area contributed by atoms with Crippen LogP contribution in [0.15, 0.2) is 114 Å². The van der Waals surface area contributed by atoms with E-state index in [4.69, 9.17) is 4.18 Å². The van der Waals surface area contributed by atoms with Crippen LogP contribution in [0.1, 0.15) is 0 Å². The van der Waals surface area contributed by atoms with Crippen LogP contribution in [0.5, 0.6) is 5.75 Å². The van der Waals surface area contributed by atoms with Crippen molar-refractivity contribution in [3.05, 3.63) is 119 Å². The van der Waals surface area contributed by atoms with Crippen molar-refractivity contribution in [3.63, 3.8) is 0 Å². The Balaban J connectivity index is 1.55. The van der Waals surface area contributed by atoms with Crippen LogP contribution in [-0.4, -0.2) is 19.1 Å². The summed E-state index contributed by atoms with van der Waals surface area (Å²) in [6, 6.07) is 30.9. The fourth-order valence-electron chi connectivity index (χ4n) is 4.44. The number of fused-ring (bicyclic) bond motifs is 3. The minimum atomic E-state index is -1.66. The smallest absolute Gasteiger partial charge is 0.269 e. The van der Waals surface area contributed by atoms with Gasteiger partial charge in [-0.1, -0.05) is 48.5 Å². The molecule has 0 aliphatic rings. The molecule has 7 nitrogen and oxygen atoms in total. The number of nitrogens with zero attached hydrogens (tertiary/aromatic N) is 2. The Kier molecular flexibility index (Phi) is 5.71. The quantitative estimate of drug-likeness (QED) is 0.193. The van der Waals surface area contributed by atoms with Gasteiger partial charge in [-0.2, -0.15) is 0 Å². The summed E-state index contributed by atoms with van der Waals surface area (Å²) in [5.74, 6) is 0.468. The lowest BCUT2D eigenvalue weighted by Gasteiger charge is -2.12. The van der Waals surface area contributed by atoms with Crippen molar-refractivity contribution in [1.82, 2.24) is 9.97 Å². The molecule has 0 bridgehead atoms. The van der Waals surface area contributed by atoms with Gasteiger partial charge in [-0.3, -0.25) is 10.1 Å². The minimum absolute atomic E-state index is 0.0272. The van der Waals surface area contributed by atoms with Crippen molar-refractivity contribution in [1.29, 1.82) is 0 Å². The largest absolute Gasteiger partial charge is 0.397 e. The first-order valence-electron chi connectivity index (χ1n) is 11.5. The van der Waals surface area contributed by atoms with Gasteiger partial charge in [-0.05, 0) is 53.6 Å². The molecule has 1 atom stereocenters. The molecular formula is C29H19N3O4S. The van der Waals surface area contributed by atoms with E-state index in [2.05, 4.69) is 9.97 Å². The Morgan fingerprint density at radius 2 is 1.54 bits per heavy atom. The maximum Gasteiger partial charge on any atom is 0.269 e. The van der Waals surface area contributed by atoms with Crippen LogP contribution in [0.25, 0.3) is 44.2 Å². The summed E-state index contributed by atoms with van der Waals surface area (Å²) in [5.41, 5.74) is 5.15. The number of pyridine rings is 1. The van der Waals surface area contributed by atoms with Crippen LogP contribution in [0.3, 0.4) is 0 Å². The van der Waals surface area contributed by atoms with E-state index in [-0.39, 0.29) is 5.69 Å². The zero-order chi connectivity index (χ0) is 25.4. The molecule has 0 spiro atoms. The number of rotatable bonds is 6. The summed E-state index contributed by atoms with van der Waals surface area (Å²) in [5, 5.41) is 12.9. The predicted octanol–water partition coefficient (Wildman–Crippen LogP) is 7.06. The van der Waals surface area contributed by atoms with E-state index in [0.717, 1.165) is 38.5 Å². The standard InChI is InChI=1S/C29H19N3O4S/c33-32(34)21-13-11-19(12-14-21)25-18-30-29-28(27(25)20-7-3-1-4-8-20)24-17-22(15-16-26(24)31-29)36-37(35)23-9-5-2-6-10-23/h1-18H,(H,30,31). The SMILES string of the molecule is O=[N+]([O-])c1ccc(-c2cnc3[nH]c4ccc(OS(=O)c5ccccc5)cc4c3c2-c2ccccc2)cc1. The molecule has 1 unspecified atom stereocenters. The summed E-state index contributed by atoms with van der Waals surface area (Å²) >= 11 is -1.66. The van der Waals surface area contributed by atoms with Crippen molar-refractivity contribution < 1.29 is 13.3 Å². The molecule has 1 N–H and O–H groups in total. The second kappa shape index (κ2) is 9.33. The summed E-state index contributed by atoms with van der Waals surface area (Å²) in [6.07, 6.45) is 1.78. The third-order valence-electron chi connectivity index (χ3n) is 6.15. The van der Waals surface area contributed by atoms with E-state index < -0.39 is 16.0 Å². The molecule has 37 heavy (non-hydrogen) atoms. The number of nitrogens with one attached hydrogen (secondary N) is 1. The van der Waals surface area contributed by atoms with Gasteiger partial charge in [0.25, 0.3) is 5.69 Å². The number of nitro benzene ring substituents is 1. The second-order valence-electron chi connectivity index (χ2n) is 8.40. The number of non-ortho nitro benzene ring substituents is 1. The van der Waals surface area contributed by atoms with E-state index >= 15 is 0 Å². The highest BCUT2D eigenvalue weighted by molar-refractivity contribution is 7.80. The van der Waals surface area contributed by atoms with Crippen molar-refractivity contribution in [2.75, 3.05) is 0 Å². The third kappa shape index (κ3) is 4.23. The molecule has 6 aromatic rings. The lowest BCUT2D eigenvalue weighted by molar-refractivity contribution is -0.384. The van der Waals surface area contributed by atoms with Gasteiger partial charge in [0.1, 0.15) is 11.4 Å². The molecule has 4 aromatic carbocycles. The highest BCUT2D eigenvalue weighted by Gasteiger charge is 2.19. The van der Waals surface area contributed by atoms with Crippen molar-refractivity contribution in [2.24, 2.45) is 0 Å². The van der Waals surface area contributed by atoms with Gasteiger partial charge in [0.2, 0.25) is 11.1 Å². The summed E-state index contributed by atoms with van der Waals surface area (Å²) in [7, 11) is 0. The Bertz CT molecular complexity index is 1780. The number of nitro groups is 1. The molecule has 0 aliphatic carbocycles. The Hall–Kier alpha value is -4.82. The molecule has 2 heterocycles. The van der Waals surface area contributed by atoms with E-state index in [1.54, 1.807) is 36.5 Å². The normalized spacial score (nSPS) is 12.0. The number of hydrogen-bond donors (Lipinski definition) is 1. The van der Waals surface area contributed by atoms with Crippen LogP contribution < -0.4 is 4.18 Å². The van der Waals surface area contributed by atoms with Crippen LogP contribution >= 0.6 is 0 Å². The zero-order valence-electron chi connectivity index (χ0n) is 19.3. The first-order chi connectivity index (χ1) is 18.1. The van der Waals surface area contributed by atoms with Gasteiger partial charge in [-0.25, -0.2) is 9.19 Å². The third-order valence-corrected chi connectivity index (χ3v) is 7.15. The highest BCUT2D eigenvalue weighted by atomic mass is 32.2. The molecule has 0 saturated carbocycles. The molecule has 0 amide bonds. The van der Waals surface area contributed by atoms with Crippen LogP contribution in [0, 0.1) is 10.1 Å². The van der Waals surface area contributed by atoms with Crippen LogP contribution in [0.4, 0.5) is 5.69 Å². The molecule has 0 fully saturated rings. The molecule has 0 aliphatic heterocycles. The van der Waals surface area contributed by atoms with E-state index in [1.165, 1.54) is 12.1 Å². The van der Waals surface area contributed by atoms with Crippen LogP contribution in [0.2, 0.25) is 0 Å². The molecular weight excluding hydrogens is 486 g/mol. The van der Waals surface area contributed by atoms with Crippen molar-refractivity contribution in [3.8, 4) is 28.0 Å². The fourth-order valence-corrected chi connectivity index (χ4v) is 5.19. The first-order valence-corrected chi connectivity index (χ1v) is 12.6. The molecule has 2 aromatic heterocycles. The maximum absolute atomic E-state index is 12.8. The lowest BCUT2D eigenvalue weighted by atomic mass is 9.92. The molecule has 0 saturated heterocycles. The maximum atomic E-state index is 12.8. The van der Waals surface area contributed by atoms with Gasteiger partial charge >= 0.3 is 0 Å². The zero-order valence-corrected chi connectivity index (χ0v) is 20.1. The molecule has 0 radical (unpaired) electrons. The number of hydrogen-bond acceptors (Lipinski definition) is 5. The van der Waals surface area contributed by atoms with Gasteiger partial charge in [-0.15, -0.1) is 0 Å². The highest BCUT2D eigenvalue weighted by Crippen LogP contribution is 2.41. The monoisotopic (exact) mass is 505 g/mol. The molecule has 8 heteroatoms. The fraction of sp³-hybridized carbons (Fsp3) is 0. The van der Waals surface area contributed by atoms with Crippen molar-refractivity contribution in [2.45, 2.75) is 4.90 Å². The van der Waals surface area contributed by atoms with Crippen LogP contribution in [-0.2, 0) is 11.1 Å². The lowest BCUT2D eigenvalue weighted by Crippen LogP contribution is -2.00. The second-order valence-corrected chi connectivity index (χ2v) is 9.51. The Morgan fingerprint density at radius 3 is 2.24 bits per heavy atom. The van der Waals surface area contributed by atoms with Gasteiger partial charge in [0, 0.05) is 45.7 Å². The van der Waals surface area contributed by atoms with Gasteiger partial charge in [0.15, 0.2) is 0 Å². The average molecular weight is 506 g/mol. The van der Waals surface area contributed by atoms with Crippen molar-refractivity contribution >= 4 is 38.7 Å². The summed E-state index contributed by atoms with van der Waals surface area (Å²) < 4.78 is 18.6. The van der Waals surface area contributed by atoms with E-state index in [0.29, 0.717) is 16.3 Å². The number of aromatic amines is 1. The number of H-pyrrole nitrogens is 1. The molecule has 180 valence electrons. The Labute approximate surface area is 214 Å². The molecule has 6 rings (SSSR count). The predicted molar refractivity (Wildman–Crippen MR) is 145 cm³/mol. The average Bonchev–Trinajstić information content (AvgIpc) is 3.31.